The van der Waals surface area contributed by atoms with E-state index in [1.165, 1.54) is 5.56 Å². The van der Waals surface area contributed by atoms with Gasteiger partial charge in [0.2, 0.25) is 0 Å². The average molecular weight is 307 g/mol. The van der Waals surface area contributed by atoms with Crippen LogP contribution in [0.2, 0.25) is 0 Å². The topological polar surface area (TPSA) is 62.8 Å². The summed E-state index contributed by atoms with van der Waals surface area (Å²) in [7, 11) is 1.61. The van der Waals surface area contributed by atoms with E-state index in [0.717, 1.165) is 45.0 Å². The first-order chi connectivity index (χ1) is 10.8. The smallest absolute Gasteiger partial charge is 0.319 e. The molecule has 6 nitrogen and oxygen atoms in total. The molecule has 1 saturated heterocycles. The third-order valence-corrected chi connectivity index (χ3v) is 3.62. The summed E-state index contributed by atoms with van der Waals surface area (Å²) in [5, 5.41) is 5.52. The van der Waals surface area contributed by atoms with Crippen LogP contribution in [0.4, 0.5) is 10.5 Å². The van der Waals surface area contributed by atoms with E-state index in [0.29, 0.717) is 13.2 Å². The Labute approximate surface area is 131 Å². The minimum absolute atomic E-state index is 0.210. The molecule has 6 heteroatoms. The third-order valence-electron chi connectivity index (χ3n) is 3.62. The fourth-order valence-corrected chi connectivity index (χ4v) is 2.31. The van der Waals surface area contributed by atoms with Crippen LogP contribution in [0.1, 0.15) is 5.56 Å². The Hall–Kier alpha value is -1.63. The second-order valence-corrected chi connectivity index (χ2v) is 5.27. The molecule has 0 spiro atoms. The first-order valence-corrected chi connectivity index (χ1v) is 7.71. The molecule has 1 aliphatic rings. The van der Waals surface area contributed by atoms with E-state index in [-0.39, 0.29) is 6.03 Å². The molecular formula is C16H25N3O3. The Morgan fingerprint density at radius 3 is 2.68 bits per heavy atom. The number of carbonyl (C=O) groups is 1. The van der Waals surface area contributed by atoms with Gasteiger partial charge in [0.25, 0.3) is 0 Å². The molecule has 1 fully saturated rings. The van der Waals surface area contributed by atoms with Crippen LogP contribution in [0.5, 0.6) is 0 Å². The standard InChI is InChI=1S/C16H25N3O3/c1-21-11-7-17-16(20)18-15-4-2-14(3-5-15)6-8-19-9-12-22-13-10-19/h2-5H,6-13H2,1H3,(H2,17,18,20). The molecule has 0 saturated carbocycles. The summed E-state index contributed by atoms with van der Waals surface area (Å²) >= 11 is 0. The zero-order valence-corrected chi connectivity index (χ0v) is 13.1. The summed E-state index contributed by atoms with van der Waals surface area (Å²) in [6.45, 7) is 5.76. The van der Waals surface area contributed by atoms with Crippen molar-refractivity contribution in [3.8, 4) is 0 Å². The number of nitrogens with zero attached hydrogens (tertiary/aromatic N) is 1. The van der Waals surface area contributed by atoms with Gasteiger partial charge < -0.3 is 20.1 Å². The normalized spacial score (nSPS) is 15.5. The molecule has 0 unspecified atom stereocenters. The van der Waals surface area contributed by atoms with Crippen LogP contribution in [0.15, 0.2) is 24.3 Å². The van der Waals surface area contributed by atoms with E-state index in [1.807, 2.05) is 12.1 Å². The largest absolute Gasteiger partial charge is 0.383 e. The van der Waals surface area contributed by atoms with Crippen molar-refractivity contribution >= 4 is 11.7 Å². The van der Waals surface area contributed by atoms with E-state index < -0.39 is 0 Å². The summed E-state index contributed by atoms with van der Waals surface area (Å²) in [5.74, 6) is 0. The Morgan fingerprint density at radius 2 is 2.00 bits per heavy atom. The maximum Gasteiger partial charge on any atom is 0.319 e. The first-order valence-electron chi connectivity index (χ1n) is 7.71. The van der Waals surface area contributed by atoms with E-state index in [1.54, 1.807) is 7.11 Å². The third kappa shape index (κ3) is 6.01. The number of methoxy groups -OCH3 is 1. The van der Waals surface area contributed by atoms with Crippen LogP contribution in [0.3, 0.4) is 0 Å². The van der Waals surface area contributed by atoms with Gasteiger partial charge in [-0.05, 0) is 24.1 Å². The number of ether oxygens (including phenoxy) is 2. The van der Waals surface area contributed by atoms with Crippen LogP contribution in [0.25, 0.3) is 0 Å². The predicted octanol–water partition coefficient (Wildman–Crippen LogP) is 1.33. The maximum absolute atomic E-state index is 11.6. The quantitative estimate of drug-likeness (QED) is 0.746. The fraction of sp³-hybridized carbons (Fsp3) is 0.562. The van der Waals surface area contributed by atoms with Crippen molar-refractivity contribution in [3.05, 3.63) is 29.8 Å². The van der Waals surface area contributed by atoms with Crippen molar-refractivity contribution in [1.82, 2.24) is 10.2 Å². The SMILES string of the molecule is COCCNC(=O)Nc1ccc(CCN2CCOCC2)cc1. The van der Waals surface area contributed by atoms with Crippen molar-refractivity contribution in [1.29, 1.82) is 0 Å². The number of hydrogen-bond acceptors (Lipinski definition) is 4. The Morgan fingerprint density at radius 1 is 1.27 bits per heavy atom. The van der Waals surface area contributed by atoms with Crippen LogP contribution in [-0.2, 0) is 15.9 Å². The van der Waals surface area contributed by atoms with Crippen molar-refractivity contribution in [2.75, 3.05) is 58.4 Å². The molecule has 0 aromatic heterocycles. The number of anilines is 1. The number of morpholine rings is 1. The maximum atomic E-state index is 11.6. The Kier molecular flexibility index (Phi) is 7.15. The summed E-state index contributed by atoms with van der Waals surface area (Å²) < 4.78 is 10.2. The van der Waals surface area contributed by atoms with Gasteiger partial charge in [-0.2, -0.15) is 0 Å². The van der Waals surface area contributed by atoms with Crippen LogP contribution in [-0.4, -0.2) is 64.0 Å². The molecule has 2 N–H and O–H groups in total. The van der Waals surface area contributed by atoms with E-state index in [9.17, 15) is 4.79 Å². The monoisotopic (exact) mass is 307 g/mol. The highest BCUT2D eigenvalue weighted by molar-refractivity contribution is 5.89. The van der Waals surface area contributed by atoms with Gasteiger partial charge in [-0.25, -0.2) is 4.79 Å². The minimum atomic E-state index is -0.210. The number of rotatable bonds is 7. The molecule has 1 heterocycles. The summed E-state index contributed by atoms with van der Waals surface area (Å²) in [6.07, 6.45) is 1.01. The van der Waals surface area contributed by atoms with E-state index >= 15 is 0 Å². The van der Waals surface area contributed by atoms with Gasteiger partial charge in [0, 0.05) is 39.0 Å². The van der Waals surface area contributed by atoms with Crippen molar-refractivity contribution in [2.45, 2.75) is 6.42 Å². The zero-order valence-electron chi connectivity index (χ0n) is 13.1. The lowest BCUT2D eigenvalue weighted by Gasteiger charge is -2.26. The predicted molar refractivity (Wildman–Crippen MR) is 86.3 cm³/mol. The molecular weight excluding hydrogens is 282 g/mol. The van der Waals surface area contributed by atoms with Gasteiger partial charge >= 0.3 is 6.03 Å². The highest BCUT2D eigenvalue weighted by atomic mass is 16.5. The van der Waals surface area contributed by atoms with Crippen LogP contribution >= 0.6 is 0 Å². The summed E-state index contributed by atoms with van der Waals surface area (Å²) in [6, 6.07) is 7.78. The van der Waals surface area contributed by atoms with Gasteiger partial charge in [-0.3, -0.25) is 4.90 Å². The van der Waals surface area contributed by atoms with Crippen molar-refractivity contribution < 1.29 is 14.3 Å². The average Bonchev–Trinajstić information content (AvgIpc) is 2.55. The second kappa shape index (κ2) is 9.40. The number of amides is 2. The molecule has 0 radical (unpaired) electrons. The number of nitrogens with one attached hydrogen (secondary N) is 2. The number of urea groups is 1. The molecule has 122 valence electrons. The lowest BCUT2D eigenvalue weighted by molar-refractivity contribution is 0.0384. The summed E-state index contributed by atoms with van der Waals surface area (Å²) in [5.41, 5.74) is 2.07. The molecule has 22 heavy (non-hydrogen) atoms. The molecule has 2 amide bonds. The lowest BCUT2D eigenvalue weighted by Crippen LogP contribution is -2.37. The van der Waals surface area contributed by atoms with Gasteiger partial charge in [-0.1, -0.05) is 12.1 Å². The number of hydrogen-bond donors (Lipinski definition) is 2. The number of carbonyl (C=O) groups excluding carboxylic acids is 1. The second-order valence-electron chi connectivity index (χ2n) is 5.27. The van der Waals surface area contributed by atoms with Crippen molar-refractivity contribution in [2.24, 2.45) is 0 Å². The molecule has 2 rings (SSSR count). The van der Waals surface area contributed by atoms with Gasteiger partial charge in [-0.15, -0.1) is 0 Å². The van der Waals surface area contributed by atoms with E-state index in [4.69, 9.17) is 9.47 Å². The highest BCUT2D eigenvalue weighted by Crippen LogP contribution is 2.10. The highest BCUT2D eigenvalue weighted by Gasteiger charge is 2.09. The van der Waals surface area contributed by atoms with Gasteiger partial charge in [0.15, 0.2) is 0 Å². The first kappa shape index (κ1) is 16.7. The molecule has 1 aromatic carbocycles. The summed E-state index contributed by atoms with van der Waals surface area (Å²) in [4.78, 5) is 14.0. The van der Waals surface area contributed by atoms with Crippen LogP contribution < -0.4 is 10.6 Å². The van der Waals surface area contributed by atoms with Gasteiger partial charge in [0.1, 0.15) is 0 Å². The minimum Gasteiger partial charge on any atom is -0.383 e. The zero-order chi connectivity index (χ0) is 15.6. The molecule has 1 aliphatic heterocycles. The van der Waals surface area contributed by atoms with Crippen molar-refractivity contribution in [3.63, 3.8) is 0 Å². The lowest BCUT2D eigenvalue weighted by atomic mass is 10.1. The Bertz CT molecular complexity index is 444. The molecule has 0 atom stereocenters. The molecule has 0 aliphatic carbocycles. The van der Waals surface area contributed by atoms with E-state index in [2.05, 4.69) is 27.7 Å². The number of benzene rings is 1. The molecule has 0 bridgehead atoms. The fourth-order valence-electron chi connectivity index (χ4n) is 2.31. The van der Waals surface area contributed by atoms with Gasteiger partial charge in [0.05, 0.1) is 19.8 Å². The van der Waals surface area contributed by atoms with Crippen LogP contribution in [0, 0.1) is 0 Å². The molecule has 1 aromatic rings. The Balaban J connectivity index is 1.71.